The van der Waals surface area contributed by atoms with E-state index in [1.165, 1.54) is 32.0 Å². The summed E-state index contributed by atoms with van der Waals surface area (Å²) in [6, 6.07) is -0.168. The molecule has 0 bridgehead atoms. The molecule has 2 aromatic rings. The number of rotatable bonds is 3. The molecule has 2 aliphatic rings. The van der Waals surface area contributed by atoms with E-state index >= 15 is 0 Å². The van der Waals surface area contributed by atoms with E-state index < -0.39 is 6.10 Å². The second kappa shape index (κ2) is 7.19. The number of aromatic nitrogens is 4. The fourth-order valence-electron chi connectivity index (χ4n) is 4.35. The van der Waals surface area contributed by atoms with Crippen LogP contribution in [0.15, 0.2) is 12.7 Å². The number of amides is 1. The molecule has 2 fully saturated rings. The standard InChI is InChI=1S/C18H26N6O2/c19-17-16-18(21-10-20-17)24(11-22-16)13-5-7-23(8-6-14(13)25)15(26)9-12-3-1-2-4-12/h10-14,25H,1-9H2,(H2,19,20,21)/t13-,14-/m0/s1. The maximum atomic E-state index is 12.7. The molecule has 1 saturated carbocycles. The van der Waals surface area contributed by atoms with E-state index in [-0.39, 0.29) is 11.9 Å². The smallest absolute Gasteiger partial charge is 0.222 e. The molecule has 1 amide bonds. The summed E-state index contributed by atoms with van der Waals surface area (Å²) in [5.41, 5.74) is 7.05. The average Bonchev–Trinajstić information content (AvgIpc) is 3.24. The van der Waals surface area contributed by atoms with Crippen molar-refractivity contribution in [2.75, 3.05) is 18.8 Å². The maximum Gasteiger partial charge on any atom is 0.222 e. The Balaban J connectivity index is 1.48. The normalized spacial score (nSPS) is 24.9. The molecule has 8 nitrogen and oxygen atoms in total. The molecule has 26 heavy (non-hydrogen) atoms. The number of hydrogen-bond acceptors (Lipinski definition) is 6. The van der Waals surface area contributed by atoms with Crippen molar-refractivity contribution in [1.82, 2.24) is 24.4 Å². The number of fused-ring (bicyclic) bond motifs is 1. The largest absolute Gasteiger partial charge is 0.391 e. The Hall–Kier alpha value is -2.22. The van der Waals surface area contributed by atoms with Gasteiger partial charge >= 0.3 is 0 Å². The van der Waals surface area contributed by atoms with Crippen LogP contribution in [0.1, 0.15) is 51.0 Å². The van der Waals surface area contributed by atoms with Crippen molar-refractivity contribution in [1.29, 1.82) is 0 Å². The number of aliphatic hydroxyl groups excluding tert-OH is 1. The van der Waals surface area contributed by atoms with E-state index in [9.17, 15) is 9.90 Å². The van der Waals surface area contributed by atoms with E-state index in [2.05, 4.69) is 15.0 Å². The van der Waals surface area contributed by atoms with Crippen molar-refractivity contribution in [3.8, 4) is 0 Å². The van der Waals surface area contributed by atoms with Gasteiger partial charge in [-0.15, -0.1) is 0 Å². The van der Waals surface area contributed by atoms with Crippen LogP contribution in [0.3, 0.4) is 0 Å². The molecule has 3 N–H and O–H groups in total. The van der Waals surface area contributed by atoms with Crippen LogP contribution in [0.25, 0.3) is 11.2 Å². The SMILES string of the molecule is Nc1ncnc2c1ncn2[C@H]1CCN(C(=O)CC2CCCC2)CC[C@@H]1O. The minimum absolute atomic E-state index is 0.168. The predicted octanol–water partition coefficient (Wildman–Crippen LogP) is 1.51. The van der Waals surface area contributed by atoms with Crippen molar-refractivity contribution in [2.45, 2.75) is 57.1 Å². The fourth-order valence-corrected chi connectivity index (χ4v) is 4.35. The summed E-state index contributed by atoms with van der Waals surface area (Å²) in [7, 11) is 0. The highest BCUT2D eigenvalue weighted by Crippen LogP contribution is 2.30. The third-order valence-electron chi connectivity index (χ3n) is 5.87. The zero-order chi connectivity index (χ0) is 18.1. The van der Waals surface area contributed by atoms with Crippen LogP contribution in [0, 0.1) is 5.92 Å². The predicted molar refractivity (Wildman–Crippen MR) is 97.2 cm³/mol. The van der Waals surface area contributed by atoms with Gasteiger partial charge in [0.2, 0.25) is 5.91 Å². The van der Waals surface area contributed by atoms with E-state index in [0.717, 1.165) is 0 Å². The first-order valence-electron chi connectivity index (χ1n) is 9.52. The van der Waals surface area contributed by atoms with Crippen LogP contribution in [0.2, 0.25) is 0 Å². The van der Waals surface area contributed by atoms with Crippen LogP contribution < -0.4 is 5.73 Å². The molecule has 8 heteroatoms. The molecule has 140 valence electrons. The van der Waals surface area contributed by atoms with Crippen LogP contribution in [-0.4, -0.2) is 54.6 Å². The highest BCUT2D eigenvalue weighted by Gasteiger charge is 2.30. The number of nitrogens with zero attached hydrogens (tertiary/aromatic N) is 5. The first kappa shape index (κ1) is 17.2. The van der Waals surface area contributed by atoms with Gasteiger partial charge in [0.05, 0.1) is 18.5 Å². The summed E-state index contributed by atoms with van der Waals surface area (Å²) in [6.07, 6.45) is 9.25. The van der Waals surface area contributed by atoms with Crippen molar-refractivity contribution >= 4 is 22.9 Å². The molecular formula is C18H26N6O2. The van der Waals surface area contributed by atoms with Crippen LogP contribution in [0.4, 0.5) is 5.82 Å². The summed E-state index contributed by atoms with van der Waals surface area (Å²) in [5, 5.41) is 10.7. The van der Waals surface area contributed by atoms with Gasteiger partial charge in [0.15, 0.2) is 11.5 Å². The third-order valence-corrected chi connectivity index (χ3v) is 5.87. The first-order chi connectivity index (χ1) is 12.6. The van der Waals surface area contributed by atoms with E-state index in [0.29, 0.717) is 55.3 Å². The molecule has 0 radical (unpaired) electrons. The minimum Gasteiger partial charge on any atom is -0.391 e. The van der Waals surface area contributed by atoms with E-state index in [1.807, 2.05) is 9.47 Å². The van der Waals surface area contributed by atoms with Gasteiger partial charge < -0.3 is 20.3 Å². The van der Waals surface area contributed by atoms with Crippen molar-refractivity contribution in [2.24, 2.45) is 5.92 Å². The van der Waals surface area contributed by atoms with Gasteiger partial charge in [0.25, 0.3) is 0 Å². The van der Waals surface area contributed by atoms with Gasteiger partial charge in [0.1, 0.15) is 11.8 Å². The third kappa shape index (κ3) is 3.25. The average molecular weight is 358 g/mol. The summed E-state index contributed by atoms with van der Waals surface area (Å²) >= 11 is 0. The number of hydrogen-bond donors (Lipinski definition) is 2. The zero-order valence-electron chi connectivity index (χ0n) is 14.9. The highest BCUT2D eigenvalue weighted by atomic mass is 16.3. The number of aliphatic hydroxyl groups is 1. The van der Waals surface area contributed by atoms with Crippen LogP contribution in [-0.2, 0) is 4.79 Å². The molecule has 4 rings (SSSR count). The maximum absolute atomic E-state index is 12.7. The van der Waals surface area contributed by atoms with Crippen molar-refractivity contribution < 1.29 is 9.90 Å². The molecular weight excluding hydrogens is 332 g/mol. The Kier molecular flexibility index (Phi) is 4.76. The van der Waals surface area contributed by atoms with Crippen LogP contribution >= 0.6 is 0 Å². The topological polar surface area (TPSA) is 110 Å². The van der Waals surface area contributed by atoms with Gasteiger partial charge in [-0.05, 0) is 31.6 Å². The molecule has 2 aromatic heterocycles. The Morgan fingerprint density at radius 2 is 1.92 bits per heavy atom. The number of nitrogen functional groups attached to an aromatic ring is 1. The van der Waals surface area contributed by atoms with Gasteiger partial charge in [-0.25, -0.2) is 15.0 Å². The number of imidazole rings is 1. The van der Waals surface area contributed by atoms with Crippen molar-refractivity contribution in [3.63, 3.8) is 0 Å². The summed E-state index contributed by atoms with van der Waals surface area (Å²) < 4.78 is 1.88. The Labute approximate surface area is 152 Å². The van der Waals surface area contributed by atoms with Crippen LogP contribution in [0.5, 0.6) is 0 Å². The molecule has 3 heterocycles. The number of nitrogens with two attached hydrogens (primary N) is 1. The molecule has 0 aromatic carbocycles. The minimum atomic E-state index is -0.548. The Morgan fingerprint density at radius 3 is 2.73 bits per heavy atom. The summed E-state index contributed by atoms with van der Waals surface area (Å²) in [6.45, 7) is 1.25. The van der Waals surface area contributed by atoms with E-state index in [4.69, 9.17) is 5.73 Å². The summed E-state index contributed by atoms with van der Waals surface area (Å²) in [4.78, 5) is 27.1. The van der Waals surface area contributed by atoms with Gasteiger partial charge in [-0.1, -0.05) is 12.8 Å². The first-order valence-corrected chi connectivity index (χ1v) is 9.52. The number of likely N-dealkylation sites (tertiary alicyclic amines) is 1. The molecule has 0 unspecified atom stereocenters. The van der Waals surface area contributed by atoms with Crippen molar-refractivity contribution in [3.05, 3.63) is 12.7 Å². The Bertz CT molecular complexity index is 785. The quantitative estimate of drug-likeness (QED) is 0.860. The lowest BCUT2D eigenvalue weighted by Crippen LogP contribution is -2.33. The van der Waals surface area contributed by atoms with Gasteiger partial charge in [0, 0.05) is 19.5 Å². The molecule has 1 saturated heterocycles. The molecule has 0 spiro atoms. The number of carbonyl (C=O) groups is 1. The number of anilines is 1. The van der Waals surface area contributed by atoms with E-state index in [1.54, 1.807) is 6.33 Å². The molecule has 2 atom stereocenters. The summed E-state index contributed by atoms with van der Waals surface area (Å²) in [5.74, 6) is 1.11. The second-order valence-electron chi connectivity index (χ2n) is 7.53. The zero-order valence-corrected chi connectivity index (χ0v) is 14.9. The molecule has 1 aliphatic heterocycles. The number of carbonyl (C=O) groups excluding carboxylic acids is 1. The lowest BCUT2D eigenvalue weighted by molar-refractivity contribution is -0.132. The monoisotopic (exact) mass is 358 g/mol. The lowest BCUT2D eigenvalue weighted by atomic mass is 10.0. The van der Waals surface area contributed by atoms with Gasteiger partial charge in [-0.3, -0.25) is 4.79 Å². The Morgan fingerprint density at radius 1 is 1.15 bits per heavy atom. The molecule has 1 aliphatic carbocycles. The fraction of sp³-hybridized carbons (Fsp3) is 0.667. The van der Waals surface area contributed by atoms with Gasteiger partial charge in [-0.2, -0.15) is 0 Å². The second-order valence-corrected chi connectivity index (χ2v) is 7.53. The highest BCUT2D eigenvalue weighted by molar-refractivity contribution is 5.81. The lowest BCUT2D eigenvalue weighted by Gasteiger charge is -2.22.